The Bertz CT molecular complexity index is 1230. The van der Waals surface area contributed by atoms with Crippen LogP contribution in [-0.2, 0) is 13.1 Å². The van der Waals surface area contributed by atoms with Gasteiger partial charge in [-0.15, -0.1) is 0 Å². The average molecular weight is 462 g/mol. The molecule has 0 fully saturated rings. The lowest BCUT2D eigenvalue weighted by Crippen LogP contribution is -2.24. The van der Waals surface area contributed by atoms with Gasteiger partial charge in [-0.05, 0) is 86.3 Å². The van der Waals surface area contributed by atoms with E-state index in [4.69, 9.17) is 21.3 Å². The van der Waals surface area contributed by atoms with Crippen LogP contribution >= 0.6 is 11.6 Å². The van der Waals surface area contributed by atoms with Gasteiger partial charge in [0.2, 0.25) is 0 Å². The molecule has 0 unspecified atom stereocenters. The minimum Gasteiger partial charge on any atom is -0.494 e. The molecule has 0 saturated carbocycles. The van der Waals surface area contributed by atoms with Gasteiger partial charge in [0.1, 0.15) is 11.6 Å². The molecule has 3 aromatic carbocycles. The first-order valence-corrected chi connectivity index (χ1v) is 11.6. The number of hydrogen-bond donors (Lipinski definition) is 1. The molecule has 1 aromatic heterocycles. The Kier molecular flexibility index (Phi) is 7.30. The number of benzene rings is 3. The number of carbonyl (C=O) groups excluding carboxylic acids is 1. The molecule has 0 aliphatic carbocycles. The van der Waals surface area contributed by atoms with Gasteiger partial charge in [-0.25, -0.2) is 4.98 Å². The second kappa shape index (κ2) is 10.5. The molecule has 0 atom stereocenters. The fraction of sp³-hybridized carbons (Fsp3) is 0.259. The van der Waals surface area contributed by atoms with E-state index >= 15 is 0 Å². The van der Waals surface area contributed by atoms with Crippen LogP contribution in [-0.4, -0.2) is 22.1 Å². The molecule has 0 aliphatic heterocycles. The summed E-state index contributed by atoms with van der Waals surface area (Å²) in [5.74, 6) is 1.62. The standard InChI is InChI=1S/C27H28ClN3O2/c1-19-15-20(2)17-23(16-19)33-14-6-5-13-31-25-8-4-3-7-24(25)30-26(31)18-29-27(32)21-9-11-22(28)12-10-21/h3-4,7-12,15-17H,5-6,13-14,18H2,1-2H3,(H,29,32). The van der Waals surface area contributed by atoms with E-state index in [0.29, 0.717) is 23.7 Å². The van der Waals surface area contributed by atoms with Gasteiger partial charge in [-0.3, -0.25) is 4.79 Å². The van der Waals surface area contributed by atoms with E-state index in [1.165, 1.54) is 11.1 Å². The van der Waals surface area contributed by atoms with Crippen molar-refractivity contribution in [3.05, 3.63) is 94.3 Å². The van der Waals surface area contributed by atoms with Gasteiger partial charge in [0.15, 0.2) is 0 Å². The van der Waals surface area contributed by atoms with Crippen LogP contribution in [0.25, 0.3) is 11.0 Å². The molecule has 33 heavy (non-hydrogen) atoms. The number of aromatic nitrogens is 2. The molecule has 170 valence electrons. The fourth-order valence-electron chi connectivity index (χ4n) is 3.95. The fourth-order valence-corrected chi connectivity index (χ4v) is 4.08. The van der Waals surface area contributed by atoms with Crippen molar-refractivity contribution in [2.75, 3.05) is 6.61 Å². The number of halogens is 1. The Morgan fingerprint density at radius 3 is 2.48 bits per heavy atom. The molecule has 0 saturated heterocycles. The van der Waals surface area contributed by atoms with E-state index < -0.39 is 0 Å². The Morgan fingerprint density at radius 2 is 1.73 bits per heavy atom. The van der Waals surface area contributed by atoms with Crippen molar-refractivity contribution in [2.45, 2.75) is 39.8 Å². The molecule has 6 heteroatoms. The van der Waals surface area contributed by atoms with E-state index in [-0.39, 0.29) is 5.91 Å². The van der Waals surface area contributed by atoms with E-state index in [0.717, 1.165) is 42.0 Å². The highest BCUT2D eigenvalue weighted by atomic mass is 35.5. The summed E-state index contributed by atoms with van der Waals surface area (Å²) >= 11 is 5.92. The highest BCUT2D eigenvalue weighted by molar-refractivity contribution is 6.30. The summed E-state index contributed by atoms with van der Waals surface area (Å²) in [5, 5.41) is 3.59. The predicted octanol–water partition coefficient (Wildman–Crippen LogP) is 6.10. The van der Waals surface area contributed by atoms with Crippen LogP contribution in [0.4, 0.5) is 0 Å². The smallest absolute Gasteiger partial charge is 0.251 e. The number of nitrogens with one attached hydrogen (secondary N) is 1. The van der Waals surface area contributed by atoms with Crippen molar-refractivity contribution in [1.29, 1.82) is 0 Å². The lowest BCUT2D eigenvalue weighted by molar-refractivity contribution is 0.0949. The largest absolute Gasteiger partial charge is 0.494 e. The second-order valence-electron chi connectivity index (χ2n) is 8.24. The molecule has 4 rings (SSSR count). The third-order valence-electron chi connectivity index (χ3n) is 5.49. The number of nitrogens with zero attached hydrogens (tertiary/aromatic N) is 2. The van der Waals surface area contributed by atoms with Gasteiger partial charge in [-0.1, -0.05) is 29.8 Å². The Hall–Kier alpha value is -3.31. The topological polar surface area (TPSA) is 56.1 Å². The van der Waals surface area contributed by atoms with E-state index in [1.54, 1.807) is 24.3 Å². The van der Waals surface area contributed by atoms with Gasteiger partial charge in [-0.2, -0.15) is 0 Å². The molecule has 0 spiro atoms. The first-order valence-electron chi connectivity index (χ1n) is 11.2. The van der Waals surface area contributed by atoms with Gasteiger partial charge in [0.25, 0.3) is 5.91 Å². The molecule has 1 heterocycles. The summed E-state index contributed by atoms with van der Waals surface area (Å²) in [5.41, 5.74) is 4.99. The van der Waals surface area contributed by atoms with E-state index in [1.807, 2.05) is 18.2 Å². The van der Waals surface area contributed by atoms with Crippen LogP contribution in [0.1, 0.15) is 40.2 Å². The zero-order valence-electron chi connectivity index (χ0n) is 19.0. The summed E-state index contributed by atoms with van der Waals surface area (Å²) in [7, 11) is 0. The van der Waals surface area contributed by atoms with Crippen LogP contribution in [0.3, 0.4) is 0 Å². The number of imidazole rings is 1. The Labute approximate surface area is 199 Å². The molecule has 0 radical (unpaired) electrons. The monoisotopic (exact) mass is 461 g/mol. The number of amides is 1. The third kappa shape index (κ3) is 5.93. The number of para-hydroxylation sites is 2. The average Bonchev–Trinajstić information content (AvgIpc) is 3.14. The maximum absolute atomic E-state index is 12.5. The molecule has 0 aliphatic rings. The van der Waals surface area contributed by atoms with Crippen molar-refractivity contribution in [3.63, 3.8) is 0 Å². The van der Waals surface area contributed by atoms with Crippen molar-refractivity contribution < 1.29 is 9.53 Å². The minimum absolute atomic E-state index is 0.146. The molecule has 5 nitrogen and oxygen atoms in total. The SMILES string of the molecule is Cc1cc(C)cc(OCCCCn2c(CNC(=O)c3ccc(Cl)cc3)nc3ccccc32)c1. The summed E-state index contributed by atoms with van der Waals surface area (Å²) in [4.78, 5) is 17.3. The van der Waals surface area contributed by atoms with Crippen LogP contribution in [0.2, 0.25) is 5.02 Å². The van der Waals surface area contributed by atoms with Crippen molar-refractivity contribution >= 4 is 28.5 Å². The summed E-state index contributed by atoms with van der Waals surface area (Å²) in [6, 6.07) is 21.2. The van der Waals surface area contributed by atoms with Crippen LogP contribution in [0, 0.1) is 13.8 Å². The lowest BCUT2D eigenvalue weighted by Gasteiger charge is -2.11. The summed E-state index contributed by atoms with van der Waals surface area (Å²) < 4.78 is 8.14. The summed E-state index contributed by atoms with van der Waals surface area (Å²) in [6.45, 7) is 5.99. The molecule has 1 amide bonds. The maximum Gasteiger partial charge on any atom is 0.251 e. The quantitative estimate of drug-likeness (QED) is 0.306. The molecule has 4 aromatic rings. The molecule has 0 bridgehead atoms. The van der Waals surface area contributed by atoms with E-state index in [2.05, 4.69) is 48.0 Å². The Balaban J connectivity index is 1.37. The number of ether oxygens (including phenoxy) is 1. The first-order chi connectivity index (χ1) is 16.0. The van der Waals surface area contributed by atoms with Crippen LogP contribution in [0.5, 0.6) is 5.75 Å². The van der Waals surface area contributed by atoms with Crippen LogP contribution < -0.4 is 10.1 Å². The van der Waals surface area contributed by atoms with Gasteiger partial charge >= 0.3 is 0 Å². The zero-order valence-corrected chi connectivity index (χ0v) is 19.7. The third-order valence-corrected chi connectivity index (χ3v) is 5.74. The second-order valence-corrected chi connectivity index (χ2v) is 8.67. The van der Waals surface area contributed by atoms with Gasteiger partial charge < -0.3 is 14.6 Å². The highest BCUT2D eigenvalue weighted by Crippen LogP contribution is 2.19. The highest BCUT2D eigenvalue weighted by Gasteiger charge is 2.12. The molecular weight excluding hydrogens is 434 g/mol. The minimum atomic E-state index is -0.146. The number of hydrogen-bond acceptors (Lipinski definition) is 3. The predicted molar refractivity (Wildman–Crippen MR) is 133 cm³/mol. The normalized spacial score (nSPS) is 11.0. The van der Waals surface area contributed by atoms with E-state index in [9.17, 15) is 4.79 Å². The molecular formula is C27H28ClN3O2. The number of carbonyl (C=O) groups is 1. The van der Waals surface area contributed by atoms with Crippen molar-refractivity contribution in [1.82, 2.24) is 14.9 Å². The number of rotatable bonds is 9. The first kappa shape index (κ1) is 22.9. The van der Waals surface area contributed by atoms with Crippen molar-refractivity contribution in [3.8, 4) is 5.75 Å². The zero-order chi connectivity index (χ0) is 23.2. The molecule has 1 N–H and O–H groups in total. The Morgan fingerprint density at radius 1 is 1.00 bits per heavy atom. The maximum atomic E-state index is 12.5. The van der Waals surface area contributed by atoms with Gasteiger partial charge in [0.05, 0.1) is 24.2 Å². The number of aryl methyl sites for hydroxylation is 3. The lowest BCUT2D eigenvalue weighted by atomic mass is 10.1. The summed E-state index contributed by atoms with van der Waals surface area (Å²) in [6.07, 6.45) is 1.87. The number of fused-ring (bicyclic) bond motifs is 1. The van der Waals surface area contributed by atoms with Gasteiger partial charge in [0, 0.05) is 17.1 Å². The van der Waals surface area contributed by atoms with Crippen LogP contribution in [0.15, 0.2) is 66.7 Å². The number of unbranched alkanes of at least 4 members (excludes halogenated alkanes) is 1. The van der Waals surface area contributed by atoms with Crippen molar-refractivity contribution in [2.24, 2.45) is 0 Å².